The number of aliphatic hydroxyl groups is 1. The van der Waals surface area contributed by atoms with Crippen LogP contribution in [0, 0.1) is 0 Å². The van der Waals surface area contributed by atoms with Crippen LogP contribution in [-0.4, -0.2) is 15.6 Å². The molecule has 2 atom stereocenters. The molecule has 1 N–H and O–H groups in total. The maximum atomic E-state index is 10.2. The molecule has 0 bridgehead atoms. The SMILES string of the molecule is CC1(C(O)c2occc2Br)CCCS1. The second-order valence-corrected chi connectivity index (χ2v) is 6.28. The van der Waals surface area contributed by atoms with Crippen LogP contribution in [0.3, 0.4) is 0 Å². The third-order valence-corrected chi connectivity index (χ3v) is 4.96. The van der Waals surface area contributed by atoms with Crippen LogP contribution < -0.4 is 0 Å². The van der Waals surface area contributed by atoms with E-state index in [0.717, 1.165) is 16.6 Å². The fourth-order valence-corrected chi connectivity index (χ4v) is 3.52. The molecule has 1 aromatic heterocycles. The van der Waals surface area contributed by atoms with Gasteiger partial charge in [0.05, 0.1) is 10.7 Å². The maximum absolute atomic E-state index is 10.2. The second-order valence-electron chi connectivity index (χ2n) is 3.80. The molecule has 0 amide bonds. The topological polar surface area (TPSA) is 33.4 Å². The van der Waals surface area contributed by atoms with E-state index in [9.17, 15) is 5.11 Å². The van der Waals surface area contributed by atoms with Crippen LogP contribution in [0.1, 0.15) is 31.6 Å². The largest absolute Gasteiger partial charge is 0.465 e. The molecular formula is C10H13BrO2S. The fourth-order valence-electron chi connectivity index (χ4n) is 1.79. The van der Waals surface area contributed by atoms with Crippen LogP contribution in [-0.2, 0) is 0 Å². The molecule has 14 heavy (non-hydrogen) atoms. The number of rotatable bonds is 2. The Balaban J connectivity index is 2.23. The van der Waals surface area contributed by atoms with Gasteiger partial charge in [-0.1, -0.05) is 0 Å². The normalized spacial score (nSPS) is 29.4. The van der Waals surface area contributed by atoms with Gasteiger partial charge in [0.15, 0.2) is 0 Å². The highest BCUT2D eigenvalue weighted by Crippen LogP contribution is 2.47. The maximum Gasteiger partial charge on any atom is 0.147 e. The molecular weight excluding hydrogens is 264 g/mol. The van der Waals surface area contributed by atoms with E-state index in [0.29, 0.717) is 5.76 Å². The van der Waals surface area contributed by atoms with Crippen LogP contribution in [0.25, 0.3) is 0 Å². The average molecular weight is 277 g/mol. The van der Waals surface area contributed by atoms with E-state index >= 15 is 0 Å². The van der Waals surface area contributed by atoms with E-state index in [4.69, 9.17) is 4.42 Å². The molecule has 2 heterocycles. The molecule has 1 fully saturated rings. The van der Waals surface area contributed by atoms with Crippen LogP contribution in [0.2, 0.25) is 0 Å². The monoisotopic (exact) mass is 276 g/mol. The highest BCUT2D eigenvalue weighted by molar-refractivity contribution is 9.10. The molecule has 1 saturated heterocycles. The molecule has 0 saturated carbocycles. The summed E-state index contributed by atoms with van der Waals surface area (Å²) in [4.78, 5) is 0. The first kappa shape index (κ1) is 10.6. The van der Waals surface area contributed by atoms with Crippen LogP contribution >= 0.6 is 27.7 Å². The molecule has 4 heteroatoms. The summed E-state index contributed by atoms with van der Waals surface area (Å²) in [6.07, 6.45) is 3.31. The van der Waals surface area contributed by atoms with Gasteiger partial charge in [0.2, 0.25) is 0 Å². The highest BCUT2D eigenvalue weighted by Gasteiger charge is 2.40. The number of aliphatic hydroxyl groups excluding tert-OH is 1. The van der Waals surface area contributed by atoms with Crippen LogP contribution in [0.5, 0.6) is 0 Å². The third-order valence-electron chi connectivity index (χ3n) is 2.72. The van der Waals surface area contributed by atoms with E-state index in [2.05, 4.69) is 22.9 Å². The Hall–Kier alpha value is 0.0700. The molecule has 0 spiro atoms. The lowest BCUT2D eigenvalue weighted by atomic mass is 9.97. The standard InChI is InChI=1S/C10H13BrO2S/c1-10(4-2-6-14-10)9(12)8-7(11)3-5-13-8/h3,5,9,12H,2,4,6H2,1H3. The van der Waals surface area contributed by atoms with E-state index in [1.54, 1.807) is 6.26 Å². The molecule has 0 aliphatic carbocycles. The molecule has 0 aromatic carbocycles. The number of hydrogen-bond acceptors (Lipinski definition) is 3. The number of hydrogen-bond donors (Lipinski definition) is 1. The van der Waals surface area contributed by atoms with Gasteiger partial charge in [-0.2, -0.15) is 11.8 Å². The van der Waals surface area contributed by atoms with E-state index in [1.165, 1.54) is 6.42 Å². The molecule has 2 nitrogen and oxygen atoms in total. The molecule has 1 aliphatic rings. The number of furan rings is 1. The highest BCUT2D eigenvalue weighted by atomic mass is 79.9. The Labute approximate surface area is 96.2 Å². The van der Waals surface area contributed by atoms with Crippen molar-refractivity contribution in [3.8, 4) is 0 Å². The van der Waals surface area contributed by atoms with Crippen molar-refractivity contribution < 1.29 is 9.52 Å². The predicted octanol–water partition coefficient (Wildman–Crippen LogP) is 3.36. The third kappa shape index (κ3) is 1.75. The summed E-state index contributed by atoms with van der Waals surface area (Å²) in [5.41, 5.74) is 0. The van der Waals surface area contributed by atoms with E-state index in [1.807, 2.05) is 17.8 Å². The minimum atomic E-state index is -0.514. The lowest BCUT2D eigenvalue weighted by Crippen LogP contribution is -2.26. The van der Waals surface area contributed by atoms with Crippen molar-refractivity contribution in [2.75, 3.05) is 5.75 Å². The zero-order chi connectivity index (χ0) is 10.2. The van der Waals surface area contributed by atoms with Gasteiger partial charge in [0.1, 0.15) is 11.9 Å². The van der Waals surface area contributed by atoms with Gasteiger partial charge in [-0.05, 0) is 47.5 Å². The molecule has 78 valence electrons. The quantitative estimate of drug-likeness (QED) is 0.899. The lowest BCUT2D eigenvalue weighted by Gasteiger charge is -2.27. The fraction of sp³-hybridized carbons (Fsp3) is 0.600. The van der Waals surface area contributed by atoms with Crippen molar-refractivity contribution in [2.45, 2.75) is 30.6 Å². The number of thioether (sulfide) groups is 1. The summed E-state index contributed by atoms with van der Waals surface area (Å²) in [6, 6.07) is 1.82. The first-order chi connectivity index (χ1) is 6.63. The van der Waals surface area contributed by atoms with Crippen molar-refractivity contribution in [2.24, 2.45) is 0 Å². The Kier molecular flexibility index (Phi) is 2.96. The second kappa shape index (κ2) is 3.91. The van der Waals surface area contributed by atoms with Gasteiger partial charge in [-0.15, -0.1) is 0 Å². The first-order valence-electron chi connectivity index (χ1n) is 4.68. The van der Waals surface area contributed by atoms with Crippen LogP contribution in [0.4, 0.5) is 0 Å². The number of halogens is 1. The van der Waals surface area contributed by atoms with Crippen molar-refractivity contribution in [1.82, 2.24) is 0 Å². The van der Waals surface area contributed by atoms with Crippen molar-refractivity contribution >= 4 is 27.7 Å². The smallest absolute Gasteiger partial charge is 0.147 e. The van der Waals surface area contributed by atoms with Gasteiger partial charge < -0.3 is 9.52 Å². The first-order valence-corrected chi connectivity index (χ1v) is 6.46. The Morgan fingerprint density at radius 1 is 1.71 bits per heavy atom. The minimum Gasteiger partial charge on any atom is -0.465 e. The average Bonchev–Trinajstić information content (AvgIpc) is 2.74. The van der Waals surface area contributed by atoms with E-state index < -0.39 is 6.10 Å². The summed E-state index contributed by atoms with van der Waals surface area (Å²) in [5, 5.41) is 10.2. The zero-order valence-corrected chi connectivity index (χ0v) is 10.4. The molecule has 2 rings (SSSR count). The summed E-state index contributed by atoms with van der Waals surface area (Å²) < 4.78 is 6.07. The van der Waals surface area contributed by atoms with Crippen molar-refractivity contribution in [1.29, 1.82) is 0 Å². The molecule has 1 aromatic rings. The van der Waals surface area contributed by atoms with Crippen LogP contribution in [0.15, 0.2) is 21.2 Å². The summed E-state index contributed by atoms with van der Waals surface area (Å²) in [7, 11) is 0. The molecule has 2 unspecified atom stereocenters. The Morgan fingerprint density at radius 2 is 2.50 bits per heavy atom. The van der Waals surface area contributed by atoms with Gasteiger partial charge >= 0.3 is 0 Å². The molecule has 1 aliphatic heterocycles. The summed E-state index contributed by atoms with van der Waals surface area (Å²) >= 11 is 5.20. The minimum absolute atomic E-state index is 0.0830. The lowest BCUT2D eigenvalue weighted by molar-refractivity contribution is 0.110. The van der Waals surface area contributed by atoms with Crippen molar-refractivity contribution in [3.63, 3.8) is 0 Å². The summed E-state index contributed by atoms with van der Waals surface area (Å²) in [6.45, 7) is 2.10. The van der Waals surface area contributed by atoms with Gasteiger partial charge in [0.25, 0.3) is 0 Å². The Bertz CT molecular complexity index is 318. The Morgan fingerprint density at radius 3 is 3.00 bits per heavy atom. The molecule has 0 radical (unpaired) electrons. The predicted molar refractivity (Wildman–Crippen MR) is 61.5 cm³/mol. The zero-order valence-electron chi connectivity index (χ0n) is 8.00. The summed E-state index contributed by atoms with van der Waals surface area (Å²) in [5.74, 6) is 1.79. The van der Waals surface area contributed by atoms with E-state index in [-0.39, 0.29) is 4.75 Å². The van der Waals surface area contributed by atoms with Gasteiger partial charge in [-0.25, -0.2) is 0 Å². The van der Waals surface area contributed by atoms with Gasteiger partial charge in [-0.3, -0.25) is 0 Å². The van der Waals surface area contributed by atoms with Crippen molar-refractivity contribution in [3.05, 3.63) is 22.6 Å². The van der Waals surface area contributed by atoms with Gasteiger partial charge in [0, 0.05) is 4.75 Å².